The minimum atomic E-state index is 0.367. The maximum Gasteiger partial charge on any atom is 0.161 e. The summed E-state index contributed by atoms with van der Waals surface area (Å²) in [6, 6.07) is 15.1. The number of fused-ring (bicyclic) bond motifs is 1. The van der Waals surface area contributed by atoms with E-state index < -0.39 is 0 Å². The molecule has 0 bridgehead atoms. The quantitative estimate of drug-likeness (QED) is 0.693. The monoisotopic (exact) mass is 306 g/mol. The van der Waals surface area contributed by atoms with Crippen molar-refractivity contribution in [2.75, 3.05) is 14.2 Å². The van der Waals surface area contributed by atoms with E-state index in [1.54, 1.807) is 32.4 Å². The predicted octanol–water partition coefficient (Wildman–Crippen LogP) is 2.97. The number of nitriles is 1. The molecule has 1 heterocycles. The molecule has 0 aliphatic heterocycles. The molecule has 1 aromatic heterocycles. The molecule has 0 atom stereocenters. The average molecular weight is 306 g/mol. The van der Waals surface area contributed by atoms with Gasteiger partial charge in [-0.1, -0.05) is 23.4 Å². The smallest absolute Gasteiger partial charge is 0.161 e. The van der Waals surface area contributed by atoms with Gasteiger partial charge in [0.15, 0.2) is 11.5 Å². The van der Waals surface area contributed by atoms with Crippen LogP contribution in [-0.2, 0) is 0 Å². The Morgan fingerprint density at radius 1 is 1.13 bits per heavy atom. The van der Waals surface area contributed by atoms with Gasteiger partial charge in [0.05, 0.1) is 19.7 Å². The van der Waals surface area contributed by atoms with E-state index >= 15 is 0 Å². The highest BCUT2D eigenvalue weighted by atomic mass is 16.5. The van der Waals surface area contributed by atoms with Gasteiger partial charge in [0.25, 0.3) is 0 Å². The van der Waals surface area contributed by atoms with Gasteiger partial charge in [-0.05, 0) is 35.9 Å². The maximum absolute atomic E-state index is 9.48. The lowest BCUT2D eigenvalue weighted by molar-refractivity contribution is 0.355. The normalized spacial score (nSPS) is 11.3. The number of allylic oxidation sites excluding steroid dienone is 1. The van der Waals surface area contributed by atoms with Gasteiger partial charge in [-0.3, -0.25) is 0 Å². The Kier molecular flexibility index (Phi) is 3.93. The third-order valence-corrected chi connectivity index (χ3v) is 3.41. The van der Waals surface area contributed by atoms with Crippen molar-refractivity contribution >= 4 is 22.8 Å². The molecule has 3 aromatic rings. The SMILES string of the molecule is COc1ccc(/C=C(\C#N)n2nnc3ccccc32)cc1OC. The van der Waals surface area contributed by atoms with Crippen LogP contribution in [0.15, 0.2) is 42.5 Å². The molecule has 0 N–H and O–H groups in total. The summed E-state index contributed by atoms with van der Waals surface area (Å²) in [5.41, 5.74) is 2.69. The van der Waals surface area contributed by atoms with Gasteiger partial charge in [-0.25, -0.2) is 4.68 Å². The number of para-hydroxylation sites is 1. The summed E-state index contributed by atoms with van der Waals surface area (Å²) in [6.45, 7) is 0. The highest BCUT2D eigenvalue weighted by Crippen LogP contribution is 2.29. The van der Waals surface area contributed by atoms with E-state index in [4.69, 9.17) is 9.47 Å². The Labute approximate surface area is 133 Å². The van der Waals surface area contributed by atoms with Crippen molar-refractivity contribution in [2.24, 2.45) is 0 Å². The number of benzene rings is 2. The third kappa shape index (κ3) is 2.72. The van der Waals surface area contributed by atoms with Crippen molar-refractivity contribution < 1.29 is 9.47 Å². The molecule has 0 aliphatic carbocycles. The number of hydrogen-bond donors (Lipinski definition) is 0. The summed E-state index contributed by atoms with van der Waals surface area (Å²) < 4.78 is 12.0. The molecule has 0 radical (unpaired) electrons. The van der Waals surface area contributed by atoms with Crippen molar-refractivity contribution in [2.45, 2.75) is 0 Å². The second kappa shape index (κ2) is 6.20. The average Bonchev–Trinajstić information content (AvgIpc) is 3.03. The standard InChI is InChI=1S/C17H14N4O2/c1-22-16-8-7-12(10-17(16)23-2)9-13(11-18)21-15-6-4-3-5-14(15)19-20-21/h3-10H,1-2H3/b13-9+. The van der Waals surface area contributed by atoms with Gasteiger partial charge < -0.3 is 9.47 Å². The first-order valence-electron chi connectivity index (χ1n) is 6.91. The zero-order valence-corrected chi connectivity index (χ0v) is 12.7. The second-order valence-corrected chi connectivity index (χ2v) is 4.75. The van der Waals surface area contributed by atoms with E-state index in [1.807, 2.05) is 30.3 Å². The van der Waals surface area contributed by atoms with Crippen molar-refractivity contribution in [1.82, 2.24) is 15.0 Å². The predicted molar refractivity (Wildman–Crippen MR) is 86.9 cm³/mol. The number of nitrogens with zero attached hydrogens (tertiary/aromatic N) is 4. The van der Waals surface area contributed by atoms with E-state index in [0.29, 0.717) is 17.2 Å². The zero-order valence-electron chi connectivity index (χ0n) is 12.7. The van der Waals surface area contributed by atoms with Gasteiger partial charge in [0.2, 0.25) is 0 Å². The van der Waals surface area contributed by atoms with Gasteiger partial charge in [0.1, 0.15) is 17.3 Å². The Morgan fingerprint density at radius 2 is 1.91 bits per heavy atom. The molecule has 0 spiro atoms. The summed E-state index contributed by atoms with van der Waals surface area (Å²) in [7, 11) is 3.15. The molecular formula is C17H14N4O2. The summed E-state index contributed by atoms with van der Waals surface area (Å²) in [5.74, 6) is 1.23. The van der Waals surface area contributed by atoms with Crippen molar-refractivity contribution in [1.29, 1.82) is 5.26 Å². The van der Waals surface area contributed by atoms with Crippen molar-refractivity contribution in [3.8, 4) is 17.6 Å². The van der Waals surface area contributed by atoms with Crippen LogP contribution in [0, 0.1) is 11.3 Å². The van der Waals surface area contributed by atoms with Crippen LogP contribution in [0.5, 0.6) is 11.5 Å². The molecule has 0 saturated carbocycles. The van der Waals surface area contributed by atoms with Gasteiger partial charge >= 0.3 is 0 Å². The van der Waals surface area contributed by atoms with E-state index in [2.05, 4.69) is 16.4 Å². The maximum atomic E-state index is 9.48. The zero-order chi connectivity index (χ0) is 16.2. The molecule has 3 rings (SSSR count). The van der Waals surface area contributed by atoms with Crippen LogP contribution < -0.4 is 9.47 Å². The molecule has 0 unspecified atom stereocenters. The van der Waals surface area contributed by atoms with Gasteiger partial charge in [-0.2, -0.15) is 5.26 Å². The van der Waals surface area contributed by atoms with Crippen LogP contribution >= 0.6 is 0 Å². The highest BCUT2D eigenvalue weighted by molar-refractivity contribution is 5.86. The minimum Gasteiger partial charge on any atom is -0.493 e. The summed E-state index contributed by atoms with van der Waals surface area (Å²) in [6.07, 6.45) is 1.73. The summed E-state index contributed by atoms with van der Waals surface area (Å²) >= 11 is 0. The van der Waals surface area contributed by atoms with E-state index in [-0.39, 0.29) is 0 Å². The topological polar surface area (TPSA) is 73.0 Å². The lowest BCUT2D eigenvalue weighted by Gasteiger charge is -2.08. The molecule has 0 saturated heterocycles. The van der Waals surface area contributed by atoms with Crippen molar-refractivity contribution in [3.05, 3.63) is 48.0 Å². The molecule has 114 valence electrons. The fraction of sp³-hybridized carbons (Fsp3) is 0.118. The fourth-order valence-corrected chi connectivity index (χ4v) is 2.29. The summed E-state index contributed by atoms with van der Waals surface area (Å²) in [4.78, 5) is 0. The Morgan fingerprint density at radius 3 is 2.65 bits per heavy atom. The molecule has 2 aromatic carbocycles. The largest absolute Gasteiger partial charge is 0.493 e. The Balaban J connectivity index is 2.08. The molecule has 0 aliphatic rings. The van der Waals surface area contributed by atoms with Crippen LogP contribution in [-0.4, -0.2) is 29.2 Å². The van der Waals surface area contributed by atoms with E-state index in [0.717, 1.165) is 16.6 Å². The number of aromatic nitrogens is 3. The Hall–Kier alpha value is -3.33. The van der Waals surface area contributed by atoms with Crippen LogP contribution in [0.25, 0.3) is 22.8 Å². The third-order valence-electron chi connectivity index (χ3n) is 3.41. The lowest BCUT2D eigenvalue weighted by atomic mass is 10.1. The van der Waals surface area contributed by atoms with E-state index in [1.165, 1.54) is 4.68 Å². The van der Waals surface area contributed by atoms with Crippen molar-refractivity contribution in [3.63, 3.8) is 0 Å². The van der Waals surface area contributed by atoms with Crippen LogP contribution in [0.2, 0.25) is 0 Å². The van der Waals surface area contributed by atoms with Crippen LogP contribution in [0.4, 0.5) is 0 Å². The molecular weight excluding hydrogens is 292 g/mol. The molecule has 0 fully saturated rings. The van der Waals surface area contributed by atoms with Gasteiger partial charge in [0, 0.05) is 0 Å². The fourth-order valence-electron chi connectivity index (χ4n) is 2.29. The molecule has 0 amide bonds. The van der Waals surface area contributed by atoms with Crippen LogP contribution in [0.1, 0.15) is 5.56 Å². The number of hydrogen-bond acceptors (Lipinski definition) is 5. The Bertz CT molecular complexity index is 922. The van der Waals surface area contributed by atoms with E-state index in [9.17, 15) is 5.26 Å². The van der Waals surface area contributed by atoms with Crippen LogP contribution in [0.3, 0.4) is 0 Å². The number of rotatable bonds is 4. The first kappa shape index (κ1) is 14.6. The van der Waals surface area contributed by atoms with Gasteiger partial charge in [-0.15, -0.1) is 5.10 Å². The first-order chi connectivity index (χ1) is 11.3. The molecule has 6 heteroatoms. The molecule has 23 heavy (non-hydrogen) atoms. The number of ether oxygens (including phenoxy) is 2. The molecule has 6 nitrogen and oxygen atoms in total. The second-order valence-electron chi connectivity index (χ2n) is 4.75. The first-order valence-corrected chi connectivity index (χ1v) is 6.91. The lowest BCUT2D eigenvalue weighted by Crippen LogP contribution is -1.98. The highest BCUT2D eigenvalue weighted by Gasteiger charge is 2.09. The number of methoxy groups -OCH3 is 2. The minimum absolute atomic E-state index is 0.367. The summed E-state index contributed by atoms with van der Waals surface area (Å²) in [5, 5.41) is 17.6.